The lowest BCUT2D eigenvalue weighted by Gasteiger charge is -2.21. The molecule has 6 nitrogen and oxygen atoms in total. The van der Waals surface area contributed by atoms with Gasteiger partial charge in [-0.3, -0.25) is 14.5 Å². The molecule has 7 heteroatoms. The molecule has 0 atom stereocenters. The van der Waals surface area contributed by atoms with Crippen molar-refractivity contribution in [3.8, 4) is 0 Å². The lowest BCUT2D eigenvalue weighted by molar-refractivity contribution is -0.130. The van der Waals surface area contributed by atoms with E-state index in [4.69, 9.17) is 0 Å². The molecule has 0 saturated carbocycles. The van der Waals surface area contributed by atoms with Crippen molar-refractivity contribution in [2.45, 2.75) is 20.0 Å². The summed E-state index contributed by atoms with van der Waals surface area (Å²) in [5, 5.41) is 0. The molecule has 1 amide bonds. The molecule has 2 rings (SSSR count). The smallest absolute Gasteiger partial charge is 0.229 e. The molecular formula is C16H19N3O3S. The molecule has 0 bridgehead atoms. The summed E-state index contributed by atoms with van der Waals surface area (Å²) in [4.78, 5) is 17.6. The molecule has 0 aliphatic carbocycles. The highest BCUT2D eigenvalue weighted by molar-refractivity contribution is 7.92. The molecule has 0 aliphatic heterocycles. The molecule has 1 N–H and O–H groups in total. The van der Waals surface area contributed by atoms with Crippen LogP contribution in [0.4, 0.5) is 5.69 Å². The van der Waals surface area contributed by atoms with Gasteiger partial charge >= 0.3 is 0 Å². The molecule has 0 saturated heterocycles. The minimum atomic E-state index is -3.33. The number of amides is 1. The summed E-state index contributed by atoms with van der Waals surface area (Å²) in [6, 6.07) is 10.7. The van der Waals surface area contributed by atoms with Crippen LogP contribution in [0.2, 0.25) is 0 Å². The number of hydrogen-bond donors (Lipinski definition) is 1. The fraction of sp³-hybridized carbons (Fsp3) is 0.250. The predicted octanol–water partition coefficient (Wildman–Crippen LogP) is 2.00. The number of sulfonamides is 1. The van der Waals surface area contributed by atoms with Crippen LogP contribution in [-0.4, -0.2) is 30.5 Å². The number of benzene rings is 1. The number of nitrogens with zero attached hydrogens (tertiary/aromatic N) is 2. The van der Waals surface area contributed by atoms with E-state index in [1.165, 1.54) is 6.92 Å². The number of pyridine rings is 1. The van der Waals surface area contributed by atoms with Crippen molar-refractivity contribution in [1.29, 1.82) is 0 Å². The third-order valence-electron chi connectivity index (χ3n) is 3.15. The number of carbonyl (C=O) groups excluding carboxylic acids is 1. The van der Waals surface area contributed by atoms with Crippen LogP contribution < -0.4 is 4.72 Å². The lowest BCUT2D eigenvalue weighted by Crippen LogP contribution is -2.27. The minimum Gasteiger partial charge on any atom is -0.334 e. The van der Waals surface area contributed by atoms with Crippen LogP contribution in [-0.2, 0) is 27.9 Å². The largest absolute Gasteiger partial charge is 0.334 e. The third-order valence-corrected chi connectivity index (χ3v) is 3.75. The maximum absolute atomic E-state index is 11.9. The molecule has 1 heterocycles. The SMILES string of the molecule is CC(=O)N(Cc1cccnc1)Cc1cccc(NS(C)(=O)=O)c1. The Morgan fingerprint density at radius 1 is 1.17 bits per heavy atom. The quantitative estimate of drug-likeness (QED) is 0.877. The van der Waals surface area contributed by atoms with Crippen molar-refractivity contribution >= 4 is 21.6 Å². The zero-order chi connectivity index (χ0) is 16.9. The molecule has 1 aromatic carbocycles. The summed E-state index contributed by atoms with van der Waals surface area (Å²) in [5.41, 5.74) is 2.26. The number of nitrogens with one attached hydrogen (secondary N) is 1. The standard InChI is InChI=1S/C16H19N3O3S/c1-13(20)19(12-15-6-4-8-17-10-15)11-14-5-3-7-16(9-14)18-23(2,21)22/h3-10,18H,11-12H2,1-2H3. The van der Waals surface area contributed by atoms with E-state index in [1.54, 1.807) is 35.5 Å². The van der Waals surface area contributed by atoms with Crippen LogP contribution in [0.5, 0.6) is 0 Å². The van der Waals surface area contributed by atoms with Crippen molar-refractivity contribution < 1.29 is 13.2 Å². The lowest BCUT2D eigenvalue weighted by atomic mass is 10.1. The third kappa shape index (κ3) is 5.71. The number of anilines is 1. The normalized spacial score (nSPS) is 11.0. The Hall–Kier alpha value is -2.41. The molecule has 0 unspecified atom stereocenters. The summed E-state index contributed by atoms with van der Waals surface area (Å²) < 4.78 is 25.0. The van der Waals surface area contributed by atoms with Gasteiger partial charge in [0.05, 0.1) is 6.26 Å². The Bertz CT molecular complexity index is 776. The Kier molecular flexibility index (Phi) is 5.33. The summed E-state index contributed by atoms with van der Waals surface area (Å²) in [6.45, 7) is 2.35. The van der Waals surface area contributed by atoms with E-state index in [1.807, 2.05) is 18.2 Å². The maximum Gasteiger partial charge on any atom is 0.229 e. The summed E-state index contributed by atoms with van der Waals surface area (Å²) in [5.74, 6) is -0.0599. The maximum atomic E-state index is 11.9. The van der Waals surface area contributed by atoms with Gasteiger partial charge in [-0.15, -0.1) is 0 Å². The van der Waals surface area contributed by atoms with Crippen molar-refractivity contribution in [2.75, 3.05) is 11.0 Å². The van der Waals surface area contributed by atoms with Gasteiger partial charge in [0, 0.05) is 38.1 Å². The van der Waals surface area contributed by atoms with E-state index in [0.717, 1.165) is 17.4 Å². The van der Waals surface area contributed by atoms with E-state index in [2.05, 4.69) is 9.71 Å². The molecule has 0 radical (unpaired) electrons. The topological polar surface area (TPSA) is 79.4 Å². The van der Waals surface area contributed by atoms with Gasteiger partial charge in [0.15, 0.2) is 0 Å². The molecule has 2 aromatic rings. The van der Waals surface area contributed by atoms with Crippen LogP contribution >= 0.6 is 0 Å². The summed E-state index contributed by atoms with van der Waals surface area (Å²) in [6.07, 6.45) is 4.50. The molecule has 23 heavy (non-hydrogen) atoms. The first-order valence-corrected chi connectivity index (χ1v) is 8.94. The highest BCUT2D eigenvalue weighted by Gasteiger charge is 2.11. The van der Waals surface area contributed by atoms with Gasteiger partial charge in [0.1, 0.15) is 0 Å². The molecular weight excluding hydrogens is 314 g/mol. The van der Waals surface area contributed by atoms with Crippen molar-refractivity contribution in [3.63, 3.8) is 0 Å². The Balaban J connectivity index is 2.14. The van der Waals surface area contributed by atoms with Crippen LogP contribution in [0.25, 0.3) is 0 Å². The molecule has 0 fully saturated rings. The highest BCUT2D eigenvalue weighted by Crippen LogP contribution is 2.15. The molecule has 122 valence electrons. The van der Waals surface area contributed by atoms with Gasteiger partial charge in [0.25, 0.3) is 0 Å². The fourth-order valence-corrected chi connectivity index (χ4v) is 2.71. The van der Waals surface area contributed by atoms with Gasteiger partial charge in [-0.05, 0) is 29.3 Å². The van der Waals surface area contributed by atoms with E-state index < -0.39 is 10.0 Å². The van der Waals surface area contributed by atoms with E-state index >= 15 is 0 Å². The van der Waals surface area contributed by atoms with E-state index in [0.29, 0.717) is 18.8 Å². The second-order valence-corrected chi connectivity index (χ2v) is 7.06. The molecule has 0 spiro atoms. The molecule has 1 aromatic heterocycles. The highest BCUT2D eigenvalue weighted by atomic mass is 32.2. The first-order valence-electron chi connectivity index (χ1n) is 7.04. The van der Waals surface area contributed by atoms with Crippen LogP contribution in [0.1, 0.15) is 18.1 Å². The van der Waals surface area contributed by atoms with Gasteiger partial charge < -0.3 is 4.90 Å². The molecule has 0 aliphatic rings. The summed E-state index contributed by atoms with van der Waals surface area (Å²) in [7, 11) is -3.33. The van der Waals surface area contributed by atoms with Crippen LogP contribution in [0.15, 0.2) is 48.8 Å². The zero-order valence-corrected chi connectivity index (χ0v) is 13.9. The van der Waals surface area contributed by atoms with Gasteiger partial charge in [0.2, 0.25) is 15.9 Å². The number of carbonyl (C=O) groups is 1. The van der Waals surface area contributed by atoms with E-state index in [-0.39, 0.29) is 5.91 Å². The number of rotatable bonds is 6. The van der Waals surface area contributed by atoms with Crippen molar-refractivity contribution in [3.05, 3.63) is 59.9 Å². The zero-order valence-electron chi connectivity index (χ0n) is 13.1. The Morgan fingerprint density at radius 3 is 2.48 bits per heavy atom. The first-order chi connectivity index (χ1) is 10.8. The van der Waals surface area contributed by atoms with Gasteiger partial charge in [-0.2, -0.15) is 0 Å². The minimum absolute atomic E-state index is 0.0599. The first kappa shape index (κ1) is 17.0. The Morgan fingerprint density at radius 2 is 1.87 bits per heavy atom. The predicted molar refractivity (Wildman–Crippen MR) is 89.1 cm³/mol. The Labute approximate surface area is 136 Å². The van der Waals surface area contributed by atoms with Gasteiger partial charge in [-0.25, -0.2) is 8.42 Å². The van der Waals surface area contributed by atoms with Crippen LogP contribution in [0, 0.1) is 0 Å². The number of hydrogen-bond acceptors (Lipinski definition) is 4. The number of aromatic nitrogens is 1. The van der Waals surface area contributed by atoms with Gasteiger partial charge in [-0.1, -0.05) is 18.2 Å². The van der Waals surface area contributed by atoms with E-state index in [9.17, 15) is 13.2 Å². The average Bonchev–Trinajstić information content (AvgIpc) is 2.46. The second-order valence-electron chi connectivity index (χ2n) is 5.31. The van der Waals surface area contributed by atoms with Crippen molar-refractivity contribution in [1.82, 2.24) is 9.88 Å². The second kappa shape index (κ2) is 7.23. The van der Waals surface area contributed by atoms with Crippen LogP contribution in [0.3, 0.4) is 0 Å². The monoisotopic (exact) mass is 333 g/mol. The fourth-order valence-electron chi connectivity index (χ4n) is 2.16. The van der Waals surface area contributed by atoms with Crippen molar-refractivity contribution in [2.24, 2.45) is 0 Å². The average molecular weight is 333 g/mol. The summed E-state index contributed by atoms with van der Waals surface area (Å²) >= 11 is 0.